The number of hydrogen-bond donors (Lipinski definition) is 1. The Morgan fingerprint density at radius 1 is 1.25 bits per heavy atom. The molecule has 1 N–H and O–H groups in total. The number of benzene rings is 1. The Balaban J connectivity index is 1.90. The molecular weight excluding hydrogens is 252 g/mol. The predicted molar refractivity (Wildman–Crippen MR) is 81.1 cm³/mol. The Hall–Kier alpha value is -1.55. The van der Waals surface area contributed by atoms with Gasteiger partial charge in [0.2, 0.25) is 5.91 Å². The minimum absolute atomic E-state index is 0.0516. The zero-order valence-corrected chi connectivity index (χ0v) is 12.6. The second-order valence-corrected chi connectivity index (χ2v) is 5.58. The molecule has 1 aromatic carbocycles. The molecule has 2 unspecified atom stereocenters. The van der Waals surface area contributed by atoms with Crippen molar-refractivity contribution < 1.29 is 9.53 Å². The van der Waals surface area contributed by atoms with E-state index < -0.39 is 0 Å². The largest absolute Gasteiger partial charge is 0.497 e. The van der Waals surface area contributed by atoms with E-state index in [1.807, 2.05) is 24.3 Å². The van der Waals surface area contributed by atoms with Gasteiger partial charge in [-0.15, -0.1) is 0 Å². The highest BCUT2D eigenvalue weighted by Crippen LogP contribution is 2.22. The van der Waals surface area contributed by atoms with Crippen molar-refractivity contribution in [1.29, 1.82) is 0 Å². The van der Waals surface area contributed by atoms with Crippen LogP contribution in [0.1, 0.15) is 33.1 Å². The molecule has 20 heavy (non-hydrogen) atoms. The van der Waals surface area contributed by atoms with Gasteiger partial charge in [0, 0.05) is 17.8 Å². The van der Waals surface area contributed by atoms with Gasteiger partial charge in [-0.05, 0) is 51.0 Å². The summed E-state index contributed by atoms with van der Waals surface area (Å²) in [5, 5.41) is 2.95. The first kappa shape index (κ1) is 14.9. The number of carbonyl (C=O) groups excluding carboxylic acids is 1. The van der Waals surface area contributed by atoms with Crippen molar-refractivity contribution in [3.8, 4) is 5.75 Å². The van der Waals surface area contributed by atoms with Crippen molar-refractivity contribution in [2.75, 3.05) is 19.0 Å². The van der Waals surface area contributed by atoms with Crippen LogP contribution in [0.25, 0.3) is 0 Å². The number of hydrogen-bond acceptors (Lipinski definition) is 3. The van der Waals surface area contributed by atoms with Crippen molar-refractivity contribution in [2.24, 2.45) is 0 Å². The minimum Gasteiger partial charge on any atom is -0.497 e. The number of piperidine rings is 1. The summed E-state index contributed by atoms with van der Waals surface area (Å²) in [4.78, 5) is 14.4. The minimum atomic E-state index is 0.0516. The number of likely N-dealkylation sites (tertiary alicyclic amines) is 1. The summed E-state index contributed by atoms with van der Waals surface area (Å²) in [6, 6.07) is 8.39. The van der Waals surface area contributed by atoms with E-state index in [9.17, 15) is 4.79 Å². The van der Waals surface area contributed by atoms with Crippen LogP contribution in [0.15, 0.2) is 24.3 Å². The SMILES string of the molecule is COc1ccc(NC(=O)CN2C(C)CCCC2C)cc1. The lowest BCUT2D eigenvalue weighted by Crippen LogP contribution is -2.47. The van der Waals surface area contributed by atoms with Gasteiger partial charge in [-0.3, -0.25) is 9.69 Å². The maximum Gasteiger partial charge on any atom is 0.238 e. The molecule has 2 atom stereocenters. The van der Waals surface area contributed by atoms with Crippen LogP contribution >= 0.6 is 0 Å². The molecule has 0 aliphatic carbocycles. The van der Waals surface area contributed by atoms with E-state index >= 15 is 0 Å². The van der Waals surface area contributed by atoms with E-state index in [-0.39, 0.29) is 5.91 Å². The summed E-state index contributed by atoms with van der Waals surface area (Å²) in [7, 11) is 1.63. The average Bonchev–Trinajstić information content (AvgIpc) is 2.44. The first-order chi connectivity index (χ1) is 9.60. The standard InChI is InChI=1S/C16H24N2O2/c1-12-5-4-6-13(2)18(12)11-16(19)17-14-7-9-15(20-3)10-8-14/h7-10,12-13H,4-6,11H2,1-3H3,(H,17,19). The van der Waals surface area contributed by atoms with Crippen LogP contribution in [-0.4, -0.2) is 36.5 Å². The summed E-state index contributed by atoms with van der Waals surface area (Å²) in [6.07, 6.45) is 3.62. The molecule has 4 heteroatoms. The third-order valence-corrected chi connectivity index (χ3v) is 4.08. The summed E-state index contributed by atoms with van der Waals surface area (Å²) < 4.78 is 5.10. The summed E-state index contributed by atoms with van der Waals surface area (Å²) in [6.45, 7) is 4.88. The molecule has 110 valence electrons. The second kappa shape index (κ2) is 6.75. The number of nitrogens with one attached hydrogen (secondary N) is 1. The lowest BCUT2D eigenvalue weighted by atomic mass is 9.97. The van der Waals surface area contributed by atoms with Gasteiger partial charge in [-0.25, -0.2) is 0 Å². The molecule has 0 radical (unpaired) electrons. The maximum atomic E-state index is 12.1. The zero-order chi connectivity index (χ0) is 14.5. The van der Waals surface area contributed by atoms with E-state index in [2.05, 4.69) is 24.1 Å². The number of rotatable bonds is 4. The summed E-state index contributed by atoms with van der Waals surface area (Å²) >= 11 is 0. The Labute approximate surface area is 121 Å². The van der Waals surface area contributed by atoms with Crippen molar-refractivity contribution in [2.45, 2.75) is 45.2 Å². The van der Waals surface area contributed by atoms with Crippen LogP contribution in [0.5, 0.6) is 5.75 Å². The predicted octanol–water partition coefficient (Wildman–Crippen LogP) is 2.90. The fourth-order valence-electron chi connectivity index (χ4n) is 2.83. The van der Waals surface area contributed by atoms with E-state index in [1.165, 1.54) is 19.3 Å². The first-order valence-electron chi connectivity index (χ1n) is 7.30. The molecule has 1 amide bonds. The van der Waals surface area contributed by atoms with Crippen molar-refractivity contribution in [1.82, 2.24) is 4.90 Å². The van der Waals surface area contributed by atoms with Crippen molar-refractivity contribution >= 4 is 11.6 Å². The molecule has 1 aliphatic rings. The van der Waals surface area contributed by atoms with Crippen molar-refractivity contribution in [3.63, 3.8) is 0 Å². The van der Waals surface area contributed by atoms with E-state index in [1.54, 1.807) is 7.11 Å². The molecule has 4 nitrogen and oxygen atoms in total. The van der Waals surface area contributed by atoms with E-state index in [0.717, 1.165) is 11.4 Å². The second-order valence-electron chi connectivity index (χ2n) is 5.58. The van der Waals surface area contributed by atoms with Gasteiger partial charge in [0.25, 0.3) is 0 Å². The van der Waals surface area contributed by atoms with Gasteiger partial charge in [-0.1, -0.05) is 6.42 Å². The van der Waals surface area contributed by atoms with Crippen LogP contribution in [0.3, 0.4) is 0 Å². The number of nitrogens with zero attached hydrogens (tertiary/aromatic N) is 1. The molecule has 0 aromatic heterocycles. The van der Waals surface area contributed by atoms with Gasteiger partial charge in [0.05, 0.1) is 13.7 Å². The Kier molecular flexibility index (Phi) is 5.01. The fraction of sp³-hybridized carbons (Fsp3) is 0.562. The van der Waals surface area contributed by atoms with Gasteiger partial charge in [0.1, 0.15) is 5.75 Å². The molecule has 0 bridgehead atoms. The molecule has 1 aromatic rings. The molecule has 1 saturated heterocycles. The van der Waals surface area contributed by atoms with Crippen LogP contribution in [-0.2, 0) is 4.79 Å². The Morgan fingerprint density at radius 3 is 2.40 bits per heavy atom. The smallest absolute Gasteiger partial charge is 0.238 e. The summed E-state index contributed by atoms with van der Waals surface area (Å²) in [5.74, 6) is 0.844. The van der Waals surface area contributed by atoms with Crippen molar-refractivity contribution in [3.05, 3.63) is 24.3 Å². The third kappa shape index (κ3) is 3.73. The highest BCUT2D eigenvalue weighted by Gasteiger charge is 2.26. The molecular formula is C16H24N2O2. The monoisotopic (exact) mass is 276 g/mol. The number of anilines is 1. The molecule has 2 rings (SSSR count). The quantitative estimate of drug-likeness (QED) is 0.919. The molecule has 0 saturated carbocycles. The lowest BCUT2D eigenvalue weighted by molar-refractivity contribution is -0.118. The molecule has 1 heterocycles. The number of methoxy groups -OCH3 is 1. The molecule has 1 fully saturated rings. The Bertz CT molecular complexity index is 434. The van der Waals surface area contributed by atoms with Gasteiger partial charge < -0.3 is 10.1 Å². The summed E-state index contributed by atoms with van der Waals surface area (Å²) in [5.41, 5.74) is 0.813. The number of ether oxygens (including phenoxy) is 1. The maximum absolute atomic E-state index is 12.1. The van der Waals surface area contributed by atoms with Crippen LogP contribution in [0, 0.1) is 0 Å². The lowest BCUT2D eigenvalue weighted by Gasteiger charge is -2.38. The zero-order valence-electron chi connectivity index (χ0n) is 12.6. The first-order valence-corrected chi connectivity index (χ1v) is 7.30. The van der Waals surface area contributed by atoms with Gasteiger partial charge in [0.15, 0.2) is 0 Å². The van der Waals surface area contributed by atoms with Crippen LogP contribution < -0.4 is 10.1 Å². The molecule has 1 aliphatic heterocycles. The average molecular weight is 276 g/mol. The number of amides is 1. The van der Waals surface area contributed by atoms with Crippen LogP contribution in [0.4, 0.5) is 5.69 Å². The normalized spacial score (nSPS) is 23.4. The fourth-order valence-corrected chi connectivity index (χ4v) is 2.83. The molecule has 0 spiro atoms. The van der Waals surface area contributed by atoms with E-state index in [0.29, 0.717) is 18.6 Å². The third-order valence-electron chi connectivity index (χ3n) is 4.08. The number of carbonyl (C=O) groups is 1. The van der Waals surface area contributed by atoms with Gasteiger partial charge in [-0.2, -0.15) is 0 Å². The van der Waals surface area contributed by atoms with Crippen LogP contribution in [0.2, 0.25) is 0 Å². The Morgan fingerprint density at radius 2 is 1.85 bits per heavy atom. The highest BCUT2D eigenvalue weighted by atomic mass is 16.5. The van der Waals surface area contributed by atoms with Gasteiger partial charge >= 0.3 is 0 Å². The highest BCUT2D eigenvalue weighted by molar-refractivity contribution is 5.92. The van der Waals surface area contributed by atoms with E-state index in [4.69, 9.17) is 4.74 Å². The topological polar surface area (TPSA) is 41.6 Å².